The van der Waals surface area contributed by atoms with E-state index in [1.54, 1.807) is 0 Å². The Kier molecular flexibility index (Phi) is 6.49. The summed E-state index contributed by atoms with van der Waals surface area (Å²) in [7, 11) is 0. The Labute approximate surface area is 127 Å². The Morgan fingerprint density at radius 2 is 2.24 bits per heavy atom. The van der Waals surface area contributed by atoms with Gasteiger partial charge in [0, 0.05) is 19.2 Å². The van der Waals surface area contributed by atoms with Crippen LogP contribution in [-0.4, -0.2) is 53.6 Å². The van der Waals surface area contributed by atoms with Crippen molar-refractivity contribution in [3.63, 3.8) is 0 Å². The predicted octanol–water partition coefficient (Wildman–Crippen LogP) is 1.97. The molecule has 0 saturated carbocycles. The lowest BCUT2D eigenvalue weighted by Gasteiger charge is -2.36. The molecule has 1 saturated heterocycles. The molecule has 2 atom stereocenters. The second-order valence-corrected chi connectivity index (χ2v) is 5.94. The van der Waals surface area contributed by atoms with Gasteiger partial charge in [-0.25, -0.2) is 0 Å². The number of likely N-dealkylation sites (tertiary alicyclic amines) is 1. The molecule has 0 amide bonds. The Morgan fingerprint density at radius 3 is 3.00 bits per heavy atom. The monoisotopic (exact) mass is 293 g/mol. The Balaban J connectivity index is 1.78. The lowest BCUT2D eigenvalue weighted by Crippen LogP contribution is -2.45. The summed E-state index contributed by atoms with van der Waals surface area (Å²) in [6.07, 6.45) is 3.81. The van der Waals surface area contributed by atoms with Gasteiger partial charge in [-0.05, 0) is 50.4 Å². The number of aliphatic hydroxyl groups excluding tert-OH is 2. The third-order valence-corrected chi connectivity index (χ3v) is 4.09. The van der Waals surface area contributed by atoms with Crippen LogP contribution in [0.15, 0.2) is 24.3 Å². The summed E-state index contributed by atoms with van der Waals surface area (Å²) in [5, 5.41) is 19.3. The van der Waals surface area contributed by atoms with Crippen LogP contribution >= 0.6 is 0 Å². The van der Waals surface area contributed by atoms with Crippen molar-refractivity contribution in [2.45, 2.75) is 44.8 Å². The summed E-state index contributed by atoms with van der Waals surface area (Å²) in [6.45, 7) is 4.18. The third kappa shape index (κ3) is 5.30. The molecule has 1 fully saturated rings. The Bertz CT molecular complexity index is 422. The average Bonchev–Trinajstić information content (AvgIpc) is 2.48. The Morgan fingerprint density at radius 1 is 1.38 bits per heavy atom. The normalized spacial score (nSPS) is 21.2. The molecule has 0 bridgehead atoms. The van der Waals surface area contributed by atoms with Gasteiger partial charge in [0.1, 0.15) is 18.5 Å². The van der Waals surface area contributed by atoms with Gasteiger partial charge in [0.05, 0.1) is 0 Å². The summed E-state index contributed by atoms with van der Waals surface area (Å²) in [4.78, 5) is 2.30. The van der Waals surface area contributed by atoms with E-state index in [4.69, 9.17) is 9.84 Å². The molecule has 0 spiro atoms. The molecule has 118 valence electrons. The maximum Gasteiger partial charge on any atom is 0.119 e. The van der Waals surface area contributed by atoms with E-state index < -0.39 is 6.10 Å². The molecular weight excluding hydrogens is 266 g/mol. The van der Waals surface area contributed by atoms with Crippen molar-refractivity contribution in [1.82, 2.24) is 4.90 Å². The summed E-state index contributed by atoms with van der Waals surface area (Å²) in [6, 6.07) is 8.27. The van der Waals surface area contributed by atoms with Crippen LogP contribution in [0, 0.1) is 6.92 Å². The Hall–Kier alpha value is -1.10. The van der Waals surface area contributed by atoms with E-state index in [9.17, 15) is 5.11 Å². The standard InChI is InChI=1S/C17H27NO3/c1-14-5-4-7-17(11-14)21-13-16(20)12-18-9-3-2-6-15(18)8-10-19/h4-5,7,11,15-16,19-20H,2-3,6,8-10,12-13H2,1H3/t15-,16+/m1/s1. The molecule has 0 radical (unpaired) electrons. The van der Waals surface area contributed by atoms with Gasteiger partial charge in [-0.15, -0.1) is 0 Å². The minimum absolute atomic E-state index is 0.219. The zero-order valence-electron chi connectivity index (χ0n) is 12.9. The number of ether oxygens (including phenoxy) is 1. The van der Waals surface area contributed by atoms with Gasteiger partial charge < -0.3 is 14.9 Å². The highest BCUT2D eigenvalue weighted by Gasteiger charge is 2.24. The number of aryl methyl sites for hydroxylation is 1. The van der Waals surface area contributed by atoms with Crippen LogP contribution in [0.25, 0.3) is 0 Å². The minimum atomic E-state index is -0.496. The van der Waals surface area contributed by atoms with Crippen LogP contribution in [-0.2, 0) is 0 Å². The van der Waals surface area contributed by atoms with Crippen molar-refractivity contribution < 1.29 is 14.9 Å². The molecule has 2 rings (SSSR count). The SMILES string of the molecule is Cc1cccc(OC[C@@H](O)CN2CCCC[C@@H]2CCO)c1. The van der Waals surface area contributed by atoms with E-state index in [1.165, 1.54) is 12.8 Å². The number of aliphatic hydroxyl groups is 2. The molecular formula is C17H27NO3. The van der Waals surface area contributed by atoms with E-state index in [-0.39, 0.29) is 6.61 Å². The maximum atomic E-state index is 10.2. The molecule has 1 aliphatic heterocycles. The molecule has 1 aromatic carbocycles. The van der Waals surface area contributed by atoms with Crippen LogP contribution in [0.4, 0.5) is 0 Å². The first-order valence-corrected chi connectivity index (χ1v) is 7.91. The number of benzene rings is 1. The molecule has 0 unspecified atom stereocenters. The lowest BCUT2D eigenvalue weighted by atomic mass is 9.99. The summed E-state index contributed by atoms with van der Waals surface area (Å²) >= 11 is 0. The number of nitrogens with zero attached hydrogens (tertiary/aromatic N) is 1. The minimum Gasteiger partial charge on any atom is -0.491 e. The summed E-state index contributed by atoms with van der Waals surface area (Å²) < 4.78 is 5.66. The second-order valence-electron chi connectivity index (χ2n) is 5.94. The number of piperidine rings is 1. The molecule has 4 nitrogen and oxygen atoms in total. The maximum absolute atomic E-state index is 10.2. The molecule has 1 aliphatic rings. The number of β-amino-alcohol motifs (C(OH)–C–C–N with tert-alkyl or cyclic N) is 1. The third-order valence-electron chi connectivity index (χ3n) is 4.09. The van der Waals surface area contributed by atoms with Gasteiger partial charge >= 0.3 is 0 Å². The van der Waals surface area contributed by atoms with Crippen molar-refractivity contribution in [2.75, 3.05) is 26.3 Å². The smallest absolute Gasteiger partial charge is 0.119 e. The van der Waals surface area contributed by atoms with Crippen molar-refractivity contribution in [3.8, 4) is 5.75 Å². The molecule has 1 heterocycles. The molecule has 1 aromatic rings. The highest BCUT2D eigenvalue weighted by atomic mass is 16.5. The van der Waals surface area contributed by atoms with E-state index in [1.807, 2.05) is 31.2 Å². The summed E-state index contributed by atoms with van der Waals surface area (Å²) in [5.74, 6) is 0.805. The zero-order valence-corrected chi connectivity index (χ0v) is 12.9. The topological polar surface area (TPSA) is 52.9 Å². The largest absolute Gasteiger partial charge is 0.491 e. The van der Waals surface area contributed by atoms with Crippen LogP contribution in [0.3, 0.4) is 0 Å². The van der Waals surface area contributed by atoms with Gasteiger partial charge in [-0.1, -0.05) is 18.6 Å². The number of hydrogen-bond donors (Lipinski definition) is 2. The highest BCUT2D eigenvalue weighted by molar-refractivity contribution is 5.27. The first kappa shape index (κ1) is 16.3. The van der Waals surface area contributed by atoms with Crippen LogP contribution < -0.4 is 4.74 Å². The van der Waals surface area contributed by atoms with Crippen LogP contribution in [0.2, 0.25) is 0 Å². The van der Waals surface area contributed by atoms with Gasteiger partial charge in [0.25, 0.3) is 0 Å². The summed E-state index contributed by atoms with van der Waals surface area (Å²) in [5.41, 5.74) is 1.15. The van der Waals surface area contributed by atoms with E-state index in [2.05, 4.69) is 4.90 Å². The molecule has 21 heavy (non-hydrogen) atoms. The number of hydrogen-bond acceptors (Lipinski definition) is 4. The van der Waals surface area contributed by atoms with Gasteiger partial charge in [0.2, 0.25) is 0 Å². The fourth-order valence-corrected chi connectivity index (χ4v) is 3.00. The van der Waals surface area contributed by atoms with Gasteiger partial charge in [0.15, 0.2) is 0 Å². The molecule has 0 aliphatic carbocycles. The van der Waals surface area contributed by atoms with Crippen molar-refractivity contribution in [2.24, 2.45) is 0 Å². The average molecular weight is 293 g/mol. The van der Waals surface area contributed by atoms with E-state index in [0.29, 0.717) is 19.2 Å². The van der Waals surface area contributed by atoms with Crippen LogP contribution in [0.5, 0.6) is 5.75 Å². The molecule has 0 aromatic heterocycles. The first-order chi connectivity index (χ1) is 10.2. The zero-order chi connectivity index (χ0) is 15.1. The van der Waals surface area contributed by atoms with Gasteiger partial charge in [-0.2, -0.15) is 0 Å². The van der Waals surface area contributed by atoms with Crippen molar-refractivity contribution in [1.29, 1.82) is 0 Å². The van der Waals surface area contributed by atoms with Crippen LogP contribution in [0.1, 0.15) is 31.2 Å². The number of rotatable bonds is 7. The van der Waals surface area contributed by atoms with Crippen molar-refractivity contribution >= 4 is 0 Å². The van der Waals surface area contributed by atoms with Gasteiger partial charge in [-0.3, -0.25) is 4.90 Å². The van der Waals surface area contributed by atoms with Crippen molar-refractivity contribution in [3.05, 3.63) is 29.8 Å². The second kappa shape index (κ2) is 8.37. The fourth-order valence-electron chi connectivity index (χ4n) is 3.00. The molecule has 2 N–H and O–H groups in total. The highest BCUT2D eigenvalue weighted by Crippen LogP contribution is 2.20. The quantitative estimate of drug-likeness (QED) is 0.807. The fraction of sp³-hybridized carbons (Fsp3) is 0.647. The predicted molar refractivity (Wildman–Crippen MR) is 83.6 cm³/mol. The van der Waals surface area contributed by atoms with E-state index >= 15 is 0 Å². The lowest BCUT2D eigenvalue weighted by molar-refractivity contribution is 0.0332. The molecule has 4 heteroatoms. The van der Waals surface area contributed by atoms with E-state index in [0.717, 1.165) is 30.7 Å². The first-order valence-electron chi connectivity index (χ1n) is 7.91.